The van der Waals surface area contributed by atoms with Crippen LogP contribution in [0, 0.1) is 0 Å². The predicted molar refractivity (Wildman–Crippen MR) is 68.5 cm³/mol. The van der Waals surface area contributed by atoms with Crippen molar-refractivity contribution in [2.24, 2.45) is 0 Å². The number of amides is 2. The molecule has 0 spiro atoms. The Balaban J connectivity index is 1.60. The Morgan fingerprint density at radius 1 is 1.26 bits per heavy atom. The fourth-order valence-electron chi connectivity index (χ4n) is 2.75. The molecule has 3 rings (SSSR count). The average molecular weight is 267 g/mol. The monoisotopic (exact) mass is 267 g/mol. The van der Waals surface area contributed by atoms with Crippen LogP contribution in [-0.2, 0) is 14.3 Å². The van der Waals surface area contributed by atoms with E-state index in [9.17, 15) is 9.59 Å². The highest BCUT2D eigenvalue weighted by Crippen LogP contribution is 2.23. The van der Waals surface area contributed by atoms with Gasteiger partial charge in [0.05, 0.1) is 13.2 Å². The molecule has 0 aromatic heterocycles. The molecule has 2 heterocycles. The largest absolute Gasteiger partial charge is 0.378 e. The third-order valence-electron chi connectivity index (χ3n) is 3.98. The summed E-state index contributed by atoms with van der Waals surface area (Å²) in [7, 11) is 0. The van der Waals surface area contributed by atoms with Crippen LogP contribution in [0.5, 0.6) is 0 Å². The van der Waals surface area contributed by atoms with Crippen molar-refractivity contribution in [3.63, 3.8) is 0 Å². The number of ether oxygens (including phenoxy) is 1. The van der Waals surface area contributed by atoms with Crippen molar-refractivity contribution in [2.75, 3.05) is 26.3 Å². The summed E-state index contributed by atoms with van der Waals surface area (Å²) in [5.41, 5.74) is 0. The molecule has 2 saturated heterocycles. The Hall–Kier alpha value is -1.14. The lowest BCUT2D eigenvalue weighted by Gasteiger charge is -2.30. The van der Waals surface area contributed by atoms with Crippen LogP contribution in [0.15, 0.2) is 0 Å². The smallest absolute Gasteiger partial charge is 0.243 e. The first kappa shape index (κ1) is 12.9. The third-order valence-corrected chi connectivity index (χ3v) is 3.98. The van der Waals surface area contributed by atoms with E-state index >= 15 is 0 Å². The minimum atomic E-state index is -0.289. The van der Waals surface area contributed by atoms with Gasteiger partial charge in [-0.3, -0.25) is 9.59 Å². The van der Waals surface area contributed by atoms with E-state index in [1.807, 2.05) is 0 Å². The molecule has 6 nitrogen and oxygen atoms in total. The van der Waals surface area contributed by atoms with Crippen LogP contribution in [-0.4, -0.2) is 61.1 Å². The van der Waals surface area contributed by atoms with E-state index in [0.717, 1.165) is 25.7 Å². The van der Waals surface area contributed by atoms with Crippen molar-refractivity contribution in [1.29, 1.82) is 0 Å². The van der Waals surface area contributed by atoms with Crippen molar-refractivity contribution in [3.05, 3.63) is 0 Å². The van der Waals surface area contributed by atoms with Crippen LogP contribution in [0.1, 0.15) is 25.7 Å². The fraction of sp³-hybridized carbons (Fsp3) is 0.846. The van der Waals surface area contributed by atoms with Gasteiger partial charge in [-0.25, -0.2) is 0 Å². The summed E-state index contributed by atoms with van der Waals surface area (Å²) in [6.45, 7) is 2.44. The summed E-state index contributed by atoms with van der Waals surface area (Å²) in [5, 5.41) is 6.16. The zero-order chi connectivity index (χ0) is 13.2. The van der Waals surface area contributed by atoms with Gasteiger partial charge in [0.2, 0.25) is 11.8 Å². The van der Waals surface area contributed by atoms with Gasteiger partial charge in [0.25, 0.3) is 0 Å². The maximum atomic E-state index is 12.4. The molecular weight excluding hydrogens is 246 g/mol. The zero-order valence-electron chi connectivity index (χ0n) is 11.1. The van der Waals surface area contributed by atoms with Crippen molar-refractivity contribution in [3.8, 4) is 0 Å². The van der Waals surface area contributed by atoms with Crippen LogP contribution < -0.4 is 10.6 Å². The molecule has 0 aromatic rings. The highest BCUT2D eigenvalue weighted by molar-refractivity contribution is 5.90. The van der Waals surface area contributed by atoms with E-state index in [1.165, 1.54) is 0 Å². The molecule has 3 aliphatic rings. The van der Waals surface area contributed by atoms with Crippen molar-refractivity contribution < 1.29 is 14.3 Å². The standard InChI is InChI=1S/C13H21N3O3/c17-12(15-9-3-4-9)11-2-1-6-16(11)13(18)10-8-19-7-5-14-10/h9-11,14H,1-8H2,(H,15,17). The van der Waals surface area contributed by atoms with E-state index < -0.39 is 0 Å². The molecule has 3 fully saturated rings. The first-order valence-electron chi connectivity index (χ1n) is 7.17. The summed E-state index contributed by atoms with van der Waals surface area (Å²) in [6.07, 6.45) is 3.83. The van der Waals surface area contributed by atoms with Crippen molar-refractivity contribution in [2.45, 2.75) is 43.8 Å². The minimum Gasteiger partial charge on any atom is -0.378 e. The maximum absolute atomic E-state index is 12.4. The normalized spacial score (nSPS) is 31.3. The number of morpholine rings is 1. The van der Waals surface area contributed by atoms with Crippen LogP contribution in [0.25, 0.3) is 0 Å². The van der Waals surface area contributed by atoms with Gasteiger partial charge >= 0.3 is 0 Å². The molecule has 0 bridgehead atoms. The number of nitrogens with one attached hydrogen (secondary N) is 2. The van der Waals surface area contributed by atoms with E-state index in [-0.39, 0.29) is 23.9 Å². The maximum Gasteiger partial charge on any atom is 0.243 e. The van der Waals surface area contributed by atoms with Gasteiger partial charge in [0.15, 0.2) is 0 Å². The summed E-state index contributed by atoms with van der Waals surface area (Å²) in [6, 6.07) is -0.221. The number of nitrogens with zero attached hydrogens (tertiary/aromatic N) is 1. The molecule has 2 unspecified atom stereocenters. The Morgan fingerprint density at radius 3 is 2.79 bits per heavy atom. The van der Waals surface area contributed by atoms with Gasteiger partial charge < -0.3 is 20.3 Å². The van der Waals surface area contributed by atoms with Crippen LogP contribution in [0.3, 0.4) is 0 Å². The highest BCUT2D eigenvalue weighted by Gasteiger charge is 2.39. The first-order chi connectivity index (χ1) is 9.25. The highest BCUT2D eigenvalue weighted by atomic mass is 16.5. The van der Waals surface area contributed by atoms with E-state index in [0.29, 0.717) is 32.3 Å². The molecule has 19 heavy (non-hydrogen) atoms. The predicted octanol–water partition coefficient (Wildman–Crippen LogP) is -0.756. The van der Waals surface area contributed by atoms with Crippen molar-refractivity contribution in [1.82, 2.24) is 15.5 Å². The molecule has 2 atom stereocenters. The number of hydrogen-bond acceptors (Lipinski definition) is 4. The molecule has 2 amide bonds. The number of carbonyl (C=O) groups excluding carboxylic acids is 2. The summed E-state index contributed by atoms with van der Waals surface area (Å²) in [4.78, 5) is 26.3. The van der Waals surface area contributed by atoms with Crippen LogP contribution >= 0.6 is 0 Å². The second-order valence-electron chi connectivity index (χ2n) is 5.55. The molecule has 106 valence electrons. The number of likely N-dealkylation sites (tertiary alicyclic amines) is 1. The van der Waals surface area contributed by atoms with Gasteiger partial charge in [-0.15, -0.1) is 0 Å². The van der Waals surface area contributed by atoms with Crippen LogP contribution in [0.4, 0.5) is 0 Å². The lowest BCUT2D eigenvalue weighted by atomic mass is 10.1. The quantitative estimate of drug-likeness (QED) is 0.705. The second-order valence-corrected chi connectivity index (χ2v) is 5.55. The average Bonchev–Trinajstić information content (AvgIpc) is 3.11. The van der Waals surface area contributed by atoms with E-state index in [1.54, 1.807) is 4.90 Å². The second kappa shape index (κ2) is 5.46. The number of hydrogen-bond donors (Lipinski definition) is 2. The lowest BCUT2D eigenvalue weighted by molar-refractivity contribution is -0.142. The first-order valence-corrected chi connectivity index (χ1v) is 7.17. The summed E-state index contributed by atoms with van der Waals surface area (Å²) in [5.74, 6) is 0.0261. The van der Waals surface area contributed by atoms with E-state index in [2.05, 4.69) is 10.6 Å². The molecule has 1 saturated carbocycles. The van der Waals surface area contributed by atoms with Gasteiger partial charge in [-0.2, -0.15) is 0 Å². The Kier molecular flexibility index (Phi) is 3.70. The Morgan fingerprint density at radius 2 is 2.11 bits per heavy atom. The Bertz CT molecular complexity index is 364. The molecular formula is C13H21N3O3. The molecule has 2 aliphatic heterocycles. The molecule has 0 radical (unpaired) electrons. The molecule has 1 aliphatic carbocycles. The van der Waals surface area contributed by atoms with Gasteiger partial charge in [0, 0.05) is 19.1 Å². The molecule has 0 aromatic carbocycles. The SMILES string of the molecule is O=C(NC1CC1)C1CCCN1C(=O)C1COCCN1. The van der Waals surface area contributed by atoms with Crippen LogP contribution in [0.2, 0.25) is 0 Å². The molecule has 6 heteroatoms. The minimum absolute atomic E-state index is 0.00754. The number of rotatable bonds is 3. The van der Waals surface area contributed by atoms with Gasteiger partial charge in [-0.05, 0) is 25.7 Å². The van der Waals surface area contributed by atoms with Gasteiger partial charge in [-0.1, -0.05) is 0 Å². The van der Waals surface area contributed by atoms with E-state index in [4.69, 9.17) is 4.74 Å². The third kappa shape index (κ3) is 2.90. The summed E-state index contributed by atoms with van der Waals surface area (Å²) < 4.78 is 5.32. The molecule has 2 N–H and O–H groups in total. The van der Waals surface area contributed by atoms with Gasteiger partial charge in [0.1, 0.15) is 12.1 Å². The Labute approximate surface area is 112 Å². The zero-order valence-corrected chi connectivity index (χ0v) is 11.1. The van der Waals surface area contributed by atoms with Crippen molar-refractivity contribution >= 4 is 11.8 Å². The number of carbonyl (C=O) groups is 2. The fourth-order valence-corrected chi connectivity index (χ4v) is 2.75. The summed E-state index contributed by atoms with van der Waals surface area (Å²) >= 11 is 0. The topological polar surface area (TPSA) is 70.7 Å². The lowest BCUT2D eigenvalue weighted by Crippen LogP contribution is -2.56.